The smallest absolute Gasteiger partial charge is 0.307 e. The highest BCUT2D eigenvalue weighted by Crippen LogP contribution is 2.75. The van der Waals surface area contributed by atoms with E-state index in [0.29, 0.717) is 43.4 Å². The topological polar surface area (TPSA) is 138 Å². The number of nitrogens with zero attached hydrogens (tertiary/aromatic N) is 5. The molecule has 5 aliphatic rings. The lowest BCUT2D eigenvalue weighted by Crippen LogP contribution is -2.69. The van der Waals surface area contributed by atoms with Gasteiger partial charge in [-0.15, -0.1) is 0 Å². The van der Waals surface area contributed by atoms with Gasteiger partial charge in [0.2, 0.25) is 0 Å². The van der Waals surface area contributed by atoms with Gasteiger partial charge in [-0.1, -0.05) is 80.9 Å². The van der Waals surface area contributed by atoms with E-state index in [0.717, 1.165) is 44.2 Å². The Balaban J connectivity index is 1.35. The summed E-state index contributed by atoms with van der Waals surface area (Å²) in [6, 6.07) is 1.73. The number of hydrogen-bond donors (Lipinski definition) is 2. The normalized spacial score (nSPS) is 41.4. The molecule has 7 rings (SSSR count). The summed E-state index contributed by atoms with van der Waals surface area (Å²) in [5, 5.41) is 16.1. The zero-order valence-electron chi connectivity index (χ0n) is 34.3. The van der Waals surface area contributed by atoms with Crippen LogP contribution in [0.25, 0.3) is 11.5 Å². The maximum atomic E-state index is 13.6. The highest BCUT2D eigenvalue weighted by atomic mass is 16.5. The van der Waals surface area contributed by atoms with Gasteiger partial charge in [0.15, 0.2) is 5.82 Å². The van der Waals surface area contributed by atoms with Crippen molar-refractivity contribution < 1.29 is 19.4 Å². The van der Waals surface area contributed by atoms with Crippen molar-refractivity contribution in [3.8, 4) is 11.5 Å². The molecule has 2 aromatic heterocycles. The highest BCUT2D eigenvalue weighted by Gasteiger charge is 2.72. The summed E-state index contributed by atoms with van der Waals surface area (Å²) in [5.41, 5.74) is 7.07. The van der Waals surface area contributed by atoms with Crippen LogP contribution < -0.4 is 5.73 Å². The number of allylic oxidation sites excluding steroid dienone is 1. The first kappa shape index (κ1) is 38.6. The Kier molecular flexibility index (Phi) is 9.22. The summed E-state index contributed by atoms with van der Waals surface area (Å²) in [5.74, 6) is 0.956. The van der Waals surface area contributed by atoms with Gasteiger partial charge in [0.25, 0.3) is 0 Å². The van der Waals surface area contributed by atoms with E-state index in [1.54, 1.807) is 18.9 Å². The third-order valence-corrected chi connectivity index (χ3v) is 17.1. The van der Waals surface area contributed by atoms with Crippen molar-refractivity contribution in [2.24, 2.45) is 67.8 Å². The van der Waals surface area contributed by atoms with Crippen molar-refractivity contribution in [1.82, 2.24) is 24.7 Å². The molecule has 4 aliphatic carbocycles. The van der Waals surface area contributed by atoms with Gasteiger partial charge >= 0.3 is 5.97 Å². The van der Waals surface area contributed by atoms with Crippen molar-refractivity contribution in [1.29, 1.82) is 0 Å². The molecular weight excluding hydrogens is 665 g/mol. The lowest BCUT2D eigenvalue weighted by Gasteiger charge is -2.71. The Labute approximate surface area is 317 Å². The molecule has 1 saturated heterocycles. The maximum absolute atomic E-state index is 13.6. The van der Waals surface area contributed by atoms with E-state index in [9.17, 15) is 9.90 Å². The van der Waals surface area contributed by atoms with Gasteiger partial charge in [-0.05, 0) is 96.8 Å². The summed E-state index contributed by atoms with van der Waals surface area (Å²) >= 11 is 0. The van der Waals surface area contributed by atoms with E-state index in [1.165, 1.54) is 5.57 Å². The van der Waals surface area contributed by atoms with Gasteiger partial charge in [-0.25, -0.2) is 19.6 Å². The van der Waals surface area contributed by atoms with Crippen LogP contribution in [0.2, 0.25) is 0 Å². The molecule has 4 fully saturated rings. The molecule has 3 N–H and O–H groups in total. The lowest BCUT2D eigenvalue weighted by molar-refractivity contribution is -0.253. The van der Waals surface area contributed by atoms with Gasteiger partial charge < -0.3 is 20.3 Å². The largest absolute Gasteiger partial charge is 0.481 e. The number of aliphatic carboxylic acids is 1. The molecule has 292 valence electrons. The zero-order chi connectivity index (χ0) is 38.6. The number of rotatable bonds is 8. The molecule has 0 spiro atoms. The van der Waals surface area contributed by atoms with Crippen LogP contribution in [-0.2, 0) is 14.3 Å². The fourth-order valence-corrected chi connectivity index (χ4v) is 12.7. The van der Waals surface area contributed by atoms with Crippen LogP contribution in [0.3, 0.4) is 0 Å². The number of carboxylic acid groups (broad SMARTS) is 1. The molecule has 10 nitrogen and oxygen atoms in total. The van der Waals surface area contributed by atoms with Gasteiger partial charge in [-0.3, -0.25) is 4.79 Å². The van der Waals surface area contributed by atoms with Gasteiger partial charge in [0.05, 0.1) is 37.9 Å². The van der Waals surface area contributed by atoms with E-state index in [2.05, 4.69) is 96.9 Å². The number of carboxylic acids is 1. The van der Waals surface area contributed by atoms with E-state index in [1.807, 2.05) is 6.07 Å². The molecule has 0 aromatic carbocycles. The van der Waals surface area contributed by atoms with Crippen LogP contribution in [-0.4, -0.2) is 67.3 Å². The lowest BCUT2D eigenvalue weighted by atomic mass is 9.34. The average Bonchev–Trinajstić information content (AvgIpc) is 3.57. The Morgan fingerprint density at radius 1 is 1.06 bits per heavy atom. The molecule has 2 bridgehead atoms. The van der Waals surface area contributed by atoms with Crippen molar-refractivity contribution in [3.63, 3.8) is 0 Å². The van der Waals surface area contributed by atoms with Crippen LogP contribution >= 0.6 is 0 Å². The molecule has 2 aromatic rings. The number of carbonyl (C=O) groups is 1. The quantitative estimate of drug-likeness (QED) is 0.259. The van der Waals surface area contributed by atoms with Gasteiger partial charge in [0.1, 0.15) is 18.3 Å². The average molecular weight is 731 g/mol. The molecule has 0 amide bonds. The molecule has 53 heavy (non-hydrogen) atoms. The minimum atomic E-state index is -0.631. The number of aromatic nitrogens is 5. The second-order valence-electron chi connectivity index (χ2n) is 20.6. The molecular formula is C43H66N6O4. The number of fused-ring (bicyclic) bond motifs is 3. The van der Waals surface area contributed by atoms with Crippen LogP contribution in [0.4, 0.5) is 0 Å². The second-order valence-corrected chi connectivity index (χ2v) is 20.6. The Morgan fingerprint density at radius 2 is 1.79 bits per heavy atom. The predicted molar refractivity (Wildman–Crippen MR) is 205 cm³/mol. The fraction of sp³-hybridized carbons (Fsp3) is 0.791. The van der Waals surface area contributed by atoms with Crippen LogP contribution in [0.1, 0.15) is 121 Å². The monoisotopic (exact) mass is 731 g/mol. The standard InChI is InChI=1S/C43H66N6O4/c1-26(2)27(3)38(7)17-18-40(9)28-12-13-32-39(8)21-52-23-43(32,29(28)14-16-41(40,10)33(38)36(50)51)20-31(34(39)53-22-42(11,44)37(4,5)6)49-35(47-25-48-49)30-15-19-45-24-46-30/h14-15,19,24-28,31-34H,12-13,16-18,20-23,44H2,1-11H3,(H,50,51)/t27-,28+,31-,32+,33-,34+,38-,39-,40-,41+,42+,43+/m1/s1. The number of nitrogens with two attached hydrogens (primary N) is 1. The van der Waals surface area contributed by atoms with Crippen molar-refractivity contribution in [3.05, 3.63) is 36.6 Å². The molecule has 1 aliphatic heterocycles. The van der Waals surface area contributed by atoms with Crippen LogP contribution in [0.15, 0.2) is 36.6 Å². The minimum absolute atomic E-state index is 0.155. The summed E-state index contributed by atoms with van der Waals surface area (Å²) in [6.07, 6.45) is 12.8. The second kappa shape index (κ2) is 12.7. The number of ether oxygens (including phenoxy) is 2. The molecule has 12 atom stereocenters. The van der Waals surface area contributed by atoms with Crippen molar-refractivity contribution in [2.45, 2.75) is 132 Å². The SMILES string of the molecule is CC(C)[C@@H](C)[C@@]1(C)CC[C@]2(C)[C@H]3CC[C@@H]4[C@@]5(COC[C@@]4(C)[C@@H](OC[C@](C)(N)C(C)(C)C)[C@H](n4ncnc4-c4ccncn4)C5)C3=CC[C@@]2(C)[C@@H]1C(=O)O. The summed E-state index contributed by atoms with van der Waals surface area (Å²) < 4.78 is 16.0. The van der Waals surface area contributed by atoms with E-state index in [-0.39, 0.29) is 50.6 Å². The first-order chi connectivity index (χ1) is 24.7. The minimum Gasteiger partial charge on any atom is -0.481 e. The summed E-state index contributed by atoms with van der Waals surface area (Å²) in [6.45, 7) is 26.5. The Bertz CT molecular complexity index is 1730. The third kappa shape index (κ3) is 5.45. The van der Waals surface area contributed by atoms with Gasteiger partial charge in [0, 0.05) is 22.6 Å². The first-order valence-corrected chi connectivity index (χ1v) is 20.3. The molecule has 3 heterocycles. The predicted octanol–water partition coefficient (Wildman–Crippen LogP) is 8.01. The van der Waals surface area contributed by atoms with Crippen LogP contribution in [0, 0.1) is 62.1 Å². The van der Waals surface area contributed by atoms with Crippen molar-refractivity contribution in [2.75, 3.05) is 19.8 Å². The molecule has 3 saturated carbocycles. The molecule has 10 heteroatoms. The highest BCUT2D eigenvalue weighted by molar-refractivity contribution is 5.73. The van der Waals surface area contributed by atoms with Crippen molar-refractivity contribution >= 4 is 5.97 Å². The summed E-state index contributed by atoms with van der Waals surface area (Å²) in [4.78, 5) is 27.1. The molecule has 0 unspecified atom stereocenters. The maximum Gasteiger partial charge on any atom is 0.307 e. The van der Waals surface area contributed by atoms with E-state index < -0.39 is 17.4 Å². The van der Waals surface area contributed by atoms with E-state index >= 15 is 0 Å². The third-order valence-electron chi connectivity index (χ3n) is 17.1. The van der Waals surface area contributed by atoms with Gasteiger partial charge in [-0.2, -0.15) is 5.10 Å². The van der Waals surface area contributed by atoms with Crippen LogP contribution in [0.5, 0.6) is 0 Å². The molecule has 0 radical (unpaired) electrons. The summed E-state index contributed by atoms with van der Waals surface area (Å²) in [7, 11) is 0. The Hall–Kier alpha value is -2.69. The zero-order valence-corrected chi connectivity index (χ0v) is 34.3. The fourth-order valence-electron chi connectivity index (χ4n) is 12.7. The first-order valence-electron chi connectivity index (χ1n) is 20.3. The number of hydrogen-bond acceptors (Lipinski definition) is 8. The Morgan fingerprint density at radius 3 is 2.43 bits per heavy atom. The van der Waals surface area contributed by atoms with E-state index in [4.69, 9.17) is 25.3 Å².